The van der Waals surface area contributed by atoms with E-state index in [2.05, 4.69) is 22.9 Å². The standard InChI is InChI=1S/C12H17N3S/c1-2-7-15(9-3-4-9)10-5-6-11(12(13)16)14-8-10/h5-6,8-9H,2-4,7H2,1H3,(H2,13,16). The van der Waals surface area contributed by atoms with E-state index in [1.54, 1.807) is 0 Å². The molecule has 2 rings (SSSR count). The molecule has 1 heterocycles. The second-order valence-electron chi connectivity index (χ2n) is 4.19. The summed E-state index contributed by atoms with van der Waals surface area (Å²) in [5.74, 6) is 0. The van der Waals surface area contributed by atoms with Crippen LogP contribution in [0.1, 0.15) is 31.9 Å². The highest BCUT2D eigenvalue weighted by molar-refractivity contribution is 7.80. The number of hydrogen-bond donors (Lipinski definition) is 1. The van der Waals surface area contributed by atoms with E-state index in [1.807, 2.05) is 12.3 Å². The maximum Gasteiger partial charge on any atom is 0.122 e. The number of nitrogens with two attached hydrogens (primary N) is 1. The first-order valence-corrected chi connectivity index (χ1v) is 6.15. The number of aromatic nitrogens is 1. The number of anilines is 1. The fourth-order valence-electron chi connectivity index (χ4n) is 1.85. The van der Waals surface area contributed by atoms with Gasteiger partial charge in [-0.15, -0.1) is 0 Å². The van der Waals surface area contributed by atoms with Gasteiger partial charge in [-0.25, -0.2) is 0 Å². The summed E-state index contributed by atoms with van der Waals surface area (Å²) >= 11 is 4.89. The molecule has 4 heteroatoms. The molecule has 1 saturated carbocycles. The molecular weight excluding hydrogens is 218 g/mol. The Kier molecular flexibility index (Phi) is 3.39. The molecule has 2 N–H and O–H groups in total. The van der Waals surface area contributed by atoms with Crippen LogP contribution in [0.4, 0.5) is 5.69 Å². The minimum atomic E-state index is 0.361. The van der Waals surface area contributed by atoms with E-state index in [0.717, 1.165) is 19.0 Å². The molecule has 1 aliphatic rings. The Morgan fingerprint density at radius 3 is 2.75 bits per heavy atom. The van der Waals surface area contributed by atoms with Crippen LogP contribution in [0.5, 0.6) is 0 Å². The molecule has 0 saturated heterocycles. The van der Waals surface area contributed by atoms with E-state index >= 15 is 0 Å². The predicted octanol–water partition coefficient (Wildman–Crippen LogP) is 2.09. The van der Waals surface area contributed by atoms with Crippen molar-refractivity contribution in [1.29, 1.82) is 0 Å². The third-order valence-corrected chi connectivity index (χ3v) is 2.99. The highest BCUT2D eigenvalue weighted by Gasteiger charge is 2.28. The molecule has 1 aromatic heterocycles. The van der Waals surface area contributed by atoms with Gasteiger partial charge in [0.1, 0.15) is 4.99 Å². The van der Waals surface area contributed by atoms with Gasteiger partial charge in [-0.3, -0.25) is 4.98 Å². The lowest BCUT2D eigenvalue weighted by atomic mass is 10.3. The average molecular weight is 235 g/mol. The minimum absolute atomic E-state index is 0.361. The van der Waals surface area contributed by atoms with Gasteiger partial charge in [-0.2, -0.15) is 0 Å². The van der Waals surface area contributed by atoms with Crippen molar-refractivity contribution in [2.75, 3.05) is 11.4 Å². The summed E-state index contributed by atoms with van der Waals surface area (Å²) in [4.78, 5) is 7.07. The van der Waals surface area contributed by atoms with Crippen LogP contribution in [0.25, 0.3) is 0 Å². The number of thiocarbonyl (C=S) groups is 1. The summed E-state index contributed by atoms with van der Waals surface area (Å²) in [6, 6.07) is 4.69. The van der Waals surface area contributed by atoms with Crippen LogP contribution in [0.15, 0.2) is 18.3 Å². The maximum atomic E-state index is 5.53. The zero-order valence-electron chi connectivity index (χ0n) is 9.52. The van der Waals surface area contributed by atoms with Crippen LogP contribution in [0.3, 0.4) is 0 Å². The molecule has 0 bridgehead atoms. The Balaban J connectivity index is 2.14. The number of nitrogens with zero attached hydrogens (tertiary/aromatic N) is 2. The molecule has 1 fully saturated rings. The molecule has 16 heavy (non-hydrogen) atoms. The van der Waals surface area contributed by atoms with Crippen LogP contribution in [0, 0.1) is 0 Å². The first-order chi connectivity index (χ1) is 7.72. The number of hydrogen-bond acceptors (Lipinski definition) is 3. The van der Waals surface area contributed by atoms with E-state index in [1.165, 1.54) is 18.5 Å². The molecule has 3 nitrogen and oxygen atoms in total. The Labute approximate surface area is 102 Å². The monoisotopic (exact) mass is 235 g/mol. The Hall–Kier alpha value is -1.16. The highest BCUT2D eigenvalue weighted by atomic mass is 32.1. The normalized spacial score (nSPS) is 14.8. The van der Waals surface area contributed by atoms with Crippen LogP contribution in [-0.4, -0.2) is 22.6 Å². The van der Waals surface area contributed by atoms with E-state index in [9.17, 15) is 0 Å². The van der Waals surface area contributed by atoms with Crippen molar-refractivity contribution >= 4 is 22.9 Å². The smallest absolute Gasteiger partial charge is 0.122 e. The van der Waals surface area contributed by atoms with E-state index in [-0.39, 0.29) is 0 Å². The van der Waals surface area contributed by atoms with Crippen LogP contribution >= 0.6 is 12.2 Å². The zero-order chi connectivity index (χ0) is 11.5. The van der Waals surface area contributed by atoms with E-state index < -0.39 is 0 Å². The summed E-state index contributed by atoms with van der Waals surface area (Å²) in [5.41, 5.74) is 7.41. The molecule has 0 atom stereocenters. The summed E-state index contributed by atoms with van der Waals surface area (Å²) in [7, 11) is 0. The molecule has 0 aliphatic heterocycles. The van der Waals surface area contributed by atoms with E-state index in [0.29, 0.717) is 10.7 Å². The number of pyridine rings is 1. The highest BCUT2D eigenvalue weighted by Crippen LogP contribution is 2.31. The van der Waals surface area contributed by atoms with Crippen molar-refractivity contribution in [3.63, 3.8) is 0 Å². The molecular formula is C12H17N3S. The predicted molar refractivity (Wildman–Crippen MR) is 70.8 cm³/mol. The lowest BCUT2D eigenvalue weighted by Crippen LogP contribution is -2.26. The molecule has 0 radical (unpaired) electrons. The molecule has 1 aromatic rings. The molecule has 0 unspecified atom stereocenters. The van der Waals surface area contributed by atoms with Gasteiger partial charge in [-0.05, 0) is 31.4 Å². The lowest BCUT2D eigenvalue weighted by molar-refractivity contribution is 0.761. The molecule has 0 amide bonds. The van der Waals surface area contributed by atoms with Crippen molar-refractivity contribution in [2.45, 2.75) is 32.2 Å². The lowest BCUT2D eigenvalue weighted by Gasteiger charge is -2.23. The maximum absolute atomic E-state index is 5.53. The molecule has 86 valence electrons. The Morgan fingerprint density at radius 1 is 1.56 bits per heavy atom. The van der Waals surface area contributed by atoms with Gasteiger partial charge in [0, 0.05) is 12.6 Å². The second kappa shape index (κ2) is 4.78. The first-order valence-electron chi connectivity index (χ1n) is 5.75. The van der Waals surface area contributed by atoms with Gasteiger partial charge in [0.2, 0.25) is 0 Å². The van der Waals surface area contributed by atoms with Crippen LogP contribution in [-0.2, 0) is 0 Å². The topological polar surface area (TPSA) is 42.1 Å². The fraction of sp³-hybridized carbons (Fsp3) is 0.500. The summed E-state index contributed by atoms with van der Waals surface area (Å²) < 4.78 is 0. The molecule has 0 aromatic carbocycles. The van der Waals surface area contributed by atoms with Crippen LogP contribution < -0.4 is 10.6 Å². The van der Waals surface area contributed by atoms with Crippen molar-refractivity contribution < 1.29 is 0 Å². The minimum Gasteiger partial charge on any atom is -0.388 e. The quantitative estimate of drug-likeness (QED) is 0.794. The first kappa shape index (κ1) is 11.3. The third-order valence-electron chi connectivity index (χ3n) is 2.78. The van der Waals surface area contributed by atoms with Crippen molar-refractivity contribution in [3.8, 4) is 0 Å². The molecule has 1 aliphatic carbocycles. The SMILES string of the molecule is CCCN(c1ccc(C(N)=S)nc1)C1CC1. The summed E-state index contributed by atoms with van der Waals surface area (Å²) in [6.45, 7) is 3.30. The third kappa shape index (κ3) is 2.50. The van der Waals surface area contributed by atoms with Gasteiger partial charge < -0.3 is 10.6 Å². The van der Waals surface area contributed by atoms with Gasteiger partial charge in [-0.1, -0.05) is 19.1 Å². The number of rotatable bonds is 5. The van der Waals surface area contributed by atoms with Gasteiger partial charge >= 0.3 is 0 Å². The summed E-state index contributed by atoms with van der Waals surface area (Å²) in [6.07, 6.45) is 5.64. The van der Waals surface area contributed by atoms with Crippen LogP contribution in [0.2, 0.25) is 0 Å². The largest absolute Gasteiger partial charge is 0.388 e. The summed E-state index contributed by atoms with van der Waals surface area (Å²) in [5, 5.41) is 0. The van der Waals surface area contributed by atoms with Gasteiger partial charge in [0.05, 0.1) is 17.6 Å². The van der Waals surface area contributed by atoms with Crippen molar-refractivity contribution in [3.05, 3.63) is 24.0 Å². The van der Waals surface area contributed by atoms with Crippen molar-refractivity contribution in [2.24, 2.45) is 5.73 Å². The van der Waals surface area contributed by atoms with Gasteiger partial charge in [0.25, 0.3) is 0 Å². The van der Waals surface area contributed by atoms with Crippen molar-refractivity contribution in [1.82, 2.24) is 4.98 Å². The van der Waals surface area contributed by atoms with Gasteiger partial charge in [0.15, 0.2) is 0 Å². The Bertz CT molecular complexity index is 370. The second-order valence-corrected chi connectivity index (χ2v) is 4.63. The van der Waals surface area contributed by atoms with E-state index in [4.69, 9.17) is 18.0 Å². The Morgan fingerprint density at radius 2 is 2.31 bits per heavy atom. The fourth-order valence-corrected chi connectivity index (χ4v) is 1.97. The zero-order valence-corrected chi connectivity index (χ0v) is 10.3. The molecule has 0 spiro atoms. The average Bonchev–Trinajstić information content (AvgIpc) is 3.10.